The van der Waals surface area contributed by atoms with Crippen LogP contribution in [0.25, 0.3) is 10.6 Å². The standard InChI is InChI=1S/C18H23N3O2S/c1-18(2)11-21(9-8-15(18)19)17(22)14-10-20-16(24-14)12-4-6-13(23-3)7-5-12/h4-7,10,15H,8-9,11,19H2,1-3H3. The highest BCUT2D eigenvalue weighted by molar-refractivity contribution is 7.16. The average molecular weight is 345 g/mol. The predicted molar refractivity (Wildman–Crippen MR) is 96.4 cm³/mol. The van der Waals surface area contributed by atoms with E-state index in [0.29, 0.717) is 18.0 Å². The summed E-state index contributed by atoms with van der Waals surface area (Å²) < 4.78 is 5.17. The van der Waals surface area contributed by atoms with Crippen LogP contribution in [0.2, 0.25) is 0 Å². The van der Waals surface area contributed by atoms with Crippen molar-refractivity contribution in [1.29, 1.82) is 0 Å². The maximum absolute atomic E-state index is 12.8. The van der Waals surface area contributed by atoms with Gasteiger partial charge in [0.15, 0.2) is 0 Å². The van der Waals surface area contributed by atoms with E-state index < -0.39 is 0 Å². The first kappa shape index (κ1) is 16.9. The predicted octanol–water partition coefficient (Wildman–Crippen LogP) is 3.02. The van der Waals surface area contributed by atoms with E-state index in [2.05, 4.69) is 18.8 Å². The molecule has 0 saturated carbocycles. The number of nitrogens with zero attached hydrogens (tertiary/aromatic N) is 2. The number of benzene rings is 1. The SMILES string of the molecule is COc1ccc(-c2ncc(C(=O)N3CCC(N)C(C)(C)C3)s2)cc1. The molecule has 1 amide bonds. The Hall–Kier alpha value is -1.92. The number of ether oxygens (including phenoxy) is 1. The van der Waals surface area contributed by atoms with Gasteiger partial charge in [0, 0.05) is 24.7 Å². The molecule has 1 aliphatic heterocycles. The molecule has 1 fully saturated rings. The Bertz CT molecular complexity index is 724. The fraction of sp³-hybridized carbons (Fsp3) is 0.444. The Morgan fingerprint density at radius 2 is 2.08 bits per heavy atom. The Kier molecular flexibility index (Phi) is 4.60. The van der Waals surface area contributed by atoms with Gasteiger partial charge in [-0.1, -0.05) is 13.8 Å². The number of likely N-dealkylation sites (tertiary alicyclic amines) is 1. The second-order valence-electron chi connectivity index (χ2n) is 6.87. The number of rotatable bonds is 3. The molecule has 2 heterocycles. The minimum atomic E-state index is -0.0581. The second kappa shape index (κ2) is 6.53. The molecule has 5 nitrogen and oxygen atoms in total. The lowest BCUT2D eigenvalue weighted by atomic mass is 9.79. The maximum atomic E-state index is 12.8. The van der Waals surface area contributed by atoms with Crippen LogP contribution in [0.1, 0.15) is 29.9 Å². The van der Waals surface area contributed by atoms with E-state index in [1.54, 1.807) is 13.3 Å². The van der Waals surface area contributed by atoms with Crippen molar-refractivity contribution >= 4 is 17.2 Å². The van der Waals surface area contributed by atoms with E-state index in [1.165, 1.54) is 11.3 Å². The van der Waals surface area contributed by atoms with Gasteiger partial charge in [-0.25, -0.2) is 4.98 Å². The van der Waals surface area contributed by atoms with Gasteiger partial charge in [-0.15, -0.1) is 11.3 Å². The highest BCUT2D eigenvalue weighted by Crippen LogP contribution is 2.31. The van der Waals surface area contributed by atoms with E-state index in [4.69, 9.17) is 10.5 Å². The number of carbonyl (C=O) groups is 1. The summed E-state index contributed by atoms with van der Waals surface area (Å²) in [6.07, 6.45) is 2.51. The molecule has 1 atom stereocenters. The molecule has 1 aromatic heterocycles. The monoisotopic (exact) mass is 345 g/mol. The van der Waals surface area contributed by atoms with Gasteiger partial charge in [-0.2, -0.15) is 0 Å². The van der Waals surface area contributed by atoms with Gasteiger partial charge in [0.2, 0.25) is 0 Å². The molecule has 24 heavy (non-hydrogen) atoms. The lowest BCUT2D eigenvalue weighted by Gasteiger charge is -2.42. The molecular formula is C18H23N3O2S. The van der Waals surface area contributed by atoms with Crippen LogP contribution in [-0.2, 0) is 0 Å². The first-order valence-corrected chi connectivity index (χ1v) is 8.87. The van der Waals surface area contributed by atoms with Gasteiger partial charge in [0.05, 0.1) is 13.3 Å². The van der Waals surface area contributed by atoms with Crippen LogP contribution in [0.4, 0.5) is 0 Å². The largest absolute Gasteiger partial charge is 0.497 e. The summed E-state index contributed by atoms with van der Waals surface area (Å²) in [5.74, 6) is 0.853. The fourth-order valence-electron chi connectivity index (χ4n) is 2.94. The highest BCUT2D eigenvalue weighted by Gasteiger charge is 2.36. The van der Waals surface area contributed by atoms with Crippen LogP contribution < -0.4 is 10.5 Å². The highest BCUT2D eigenvalue weighted by atomic mass is 32.1. The summed E-state index contributed by atoms with van der Waals surface area (Å²) in [6, 6.07) is 7.83. The first-order valence-electron chi connectivity index (χ1n) is 8.06. The molecule has 1 aliphatic rings. The Balaban J connectivity index is 1.76. The second-order valence-corrected chi connectivity index (χ2v) is 7.90. The topological polar surface area (TPSA) is 68.5 Å². The van der Waals surface area contributed by atoms with Gasteiger partial charge in [-0.3, -0.25) is 4.79 Å². The van der Waals surface area contributed by atoms with Gasteiger partial charge in [-0.05, 0) is 36.1 Å². The van der Waals surface area contributed by atoms with Gasteiger partial charge < -0.3 is 15.4 Å². The number of hydrogen-bond acceptors (Lipinski definition) is 5. The lowest BCUT2D eigenvalue weighted by molar-refractivity contribution is 0.0537. The molecule has 0 radical (unpaired) electrons. The molecule has 6 heteroatoms. The van der Waals surface area contributed by atoms with Crippen LogP contribution in [0.3, 0.4) is 0 Å². The van der Waals surface area contributed by atoms with Crippen LogP contribution in [0, 0.1) is 5.41 Å². The van der Waals surface area contributed by atoms with Crippen molar-refractivity contribution in [3.05, 3.63) is 35.3 Å². The fourth-order valence-corrected chi connectivity index (χ4v) is 3.83. The van der Waals surface area contributed by atoms with Crippen molar-refractivity contribution in [2.75, 3.05) is 20.2 Å². The van der Waals surface area contributed by atoms with Crippen molar-refractivity contribution in [1.82, 2.24) is 9.88 Å². The zero-order valence-electron chi connectivity index (χ0n) is 14.3. The molecule has 1 aromatic carbocycles. The Morgan fingerprint density at radius 1 is 1.38 bits per heavy atom. The summed E-state index contributed by atoms with van der Waals surface area (Å²) in [5, 5.41) is 0.842. The molecule has 1 unspecified atom stereocenters. The molecule has 1 saturated heterocycles. The van der Waals surface area contributed by atoms with Crippen LogP contribution in [0.15, 0.2) is 30.5 Å². The third-order valence-electron chi connectivity index (χ3n) is 4.65. The summed E-state index contributed by atoms with van der Waals surface area (Å²) in [5.41, 5.74) is 7.09. The molecule has 128 valence electrons. The number of nitrogens with two attached hydrogens (primary N) is 1. The lowest BCUT2D eigenvalue weighted by Crippen LogP contribution is -2.53. The molecule has 0 spiro atoms. The number of thiazole rings is 1. The number of carbonyl (C=O) groups excluding carboxylic acids is 1. The number of aromatic nitrogens is 1. The summed E-state index contributed by atoms with van der Waals surface area (Å²) in [6.45, 7) is 5.63. The average Bonchev–Trinajstić information content (AvgIpc) is 3.06. The quantitative estimate of drug-likeness (QED) is 0.928. The van der Waals surface area contributed by atoms with Gasteiger partial charge in [0.1, 0.15) is 15.6 Å². The van der Waals surface area contributed by atoms with E-state index in [0.717, 1.165) is 22.7 Å². The molecule has 2 N–H and O–H groups in total. The van der Waals surface area contributed by atoms with Crippen LogP contribution in [0.5, 0.6) is 5.75 Å². The maximum Gasteiger partial charge on any atom is 0.265 e. The molecule has 0 bridgehead atoms. The number of methoxy groups -OCH3 is 1. The summed E-state index contributed by atoms with van der Waals surface area (Å²) >= 11 is 1.43. The minimum absolute atomic E-state index is 0.0484. The third-order valence-corrected chi connectivity index (χ3v) is 5.69. The third kappa shape index (κ3) is 3.30. The Morgan fingerprint density at radius 3 is 2.71 bits per heavy atom. The number of piperidine rings is 1. The van der Waals surface area contributed by atoms with Crippen molar-refractivity contribution in [2.45, 2.75) is 26.3 Å². The number of hydrogen-bond donors (Lipinski definition) is 1. The minimum Gasteiger partial charge on any atom is -0.497 e. The molecular weight excluding hydrogens is 322 g/mol. The van der Waals surface area contributed by atoms with Crippen molar-refractivity contribution < 1.29 is 9.53 Å². The number of amides is 1. The van der Waals surface area contributed by atoms with Crippen LogP contribution in [-0.4, -0.2) is 42.0 Å². The first-order chi connectivity index (χ1) is 11.4. The van der Waals surface area contributed by atoms with E-state index in [-0.39, 0.29) is 17.4 Å². The summed E-state index contributed by atoms with van der Waals surface area (Å²) in [4.78, 5) is 19.8. The van der Waals surface area contributed by atoms with Crippen molar-refractivity contribution in [3.8, 4) is 16.3 Å². The van der Waals surface area contributed by atoms with E-state index in [9.17, 15) is 4.79 Å². The normalized spacial score (nSPS) is 20.0. The van der Waals surface area contributed by atoms with Crippen molar-refractivity contribution in [2.24, 2.45) is 11.1 Å². The zero-order chi connectivity index (χ0) is 17.3. The van der Waals surface area contributed by atoms with E-state index in [1.807, 2.05) is 29.2 Å². The molecule has 2 aromatic rings. The van der Waals surface area contributed by atoms with Crippen LogP contribution >= 0.6 is 11.3 Å². The molecule has 0 aliphatic carbocycles. The van der Waals surface area contributed by atoms with Gasteiger partial charge >= 0.3 is 0 Å². The molecule has 3 rings (SSSR count). The van der Waals surface area contributed by atoms with Gasteiger partial charge in [0.25, 0.3) is 5.91 Å². The summed E-state index contributed by atoms with van der Waals surface area (Å²) in [7, 11) is 1.64. The Labute approximate surface area is 146 Å². The zero-order valence-corrected chi connectivity index (χ0v) is 15.1. The van der Waals surface area contributed by atoms with E-state index >= 15 is 0 Å². The van der Waals surface area contributed by atoms with Crippen molar-refractivity contribution in [3.63, 3.8) is 0 Å². The smallest absolute Gasteiger partial charge is 0.265 e.